The number of nitrogens with one attached hydrogen (secondary N) is 1. The van der Waals surface area contributed by atoms with E-state index in [1.807, 2.05) is 0 Å². The van der Waals surface area contributed by atoms with Gasteiger partial charge in [-0.05, 0) is 48.9 Å². The molecule has 0 saturated carbocycles. The smallest absolute Gasteiger partial charge is 0.339 e. The van der Waals surface area contributed by atoms with Gasteiger partial charge in [0.15, 0.2) is 0 Å². The van der Waals surface area contributed by atoms with E-state index in [0.29, 0.717) is 43.0 Å². The van der Waals surface area contributed by atoms with Crippen LogP contribution in [0.15, 0.2) is 48.9 Å². The predicted octanol–water partition coefficient (Wildman–Crippen LogP) is 2.48. The zero-order chi connectivity index (χ0) is 34.6. The number of aromatic nitrogens is 4. The van der Waals surface area contributed by atoms with E-state index in [2.05, 4.69) is 20.4 Å². The Bertz CT molecular complexity index is 1960. The van der Waals surface area contributed by atoms with Crippen molar-refractivity contribution in [3.63, 3.8) is 0 Å². The minimum Gasteiger partial charge on any atom is -0.346 e. The van der Waals surface area contributed by atoms with Crippen LogP contribution in [-0.4, -0.2) is 99.1 Å². The standard InChI is InChI=1S/C31H31F2N8O6PS/c1-17(42)38-10-7-21-4-5-23(29(45)39-14-19-13-36-41(24(19)16-39)30-34-8-2-9-35-30)40(21)28(44)22(15-38)37-27(43)26-12-18-11-20(3-6-25(18)49-26)31(32,33)48(46)47/h2-3,6,8-9,11-13,21-23,46-47H,4-5,7,10,14-16H2,1H3,(H,37,43)/t21-,22+,23+/m1/s1. The summed E-state index contributed by atoms with van der Waals surface area (Å²) in [7, 11) is -3.57. The molecular formula is C31H31F2N8O6PS. The van der Waals surface area contributed by atoms with Gasteiger partial charge in [0.25, 0.3) is 11.9 Å². The molecule has 6 heterocycles. The first kappa shape index (κ1) is 33.1. The summed E-state index contributed by atoms with van der Waals surface area (Å²) in [4.78, 5) is 86.2. The third kappa shape index (κ3) is 6.05. The molecule has 2 saturated heterocycles. The van der Waals surface area contributed by atoms with Crippen LogP contribution in [0.2, 0.25) is 0 Å². The van der Waals surface area contributed by atoms with Gasteiger partial charge >= 0.3 is 5.66 Å². The van der Waals surface area contributed by atoms with Gasteiger partial charge in [-0.1, -0.05) is 6.07 Å². The zero-order valence-electron chi connectivity index (χ0n) is 26.1. The normalized spacial score (nSPS) is 21.1. The number of hydrogen-bond donors (Lipinski definition) is 3. The van der Waals surface area contributed by atoms with Gasteiger partial charge in [-0.15, -0.1) is 11.3 Å². The average molecular weight is 713 g/mol. The summed E-state index contributed by atoms with van der Waals surface area (Å²) in [5.74, 6) is -1.24. The number of thiophene rings is 1. The van der Waals surface area contributed by atoms with Gasteiger partial charge in [-0.3, -0.25) is 19.2 Å². The highest BCUT2D eigenvalue weighted by atomic mass is 32.1. The van der Waals surface area contributed by atoms with E-state index >= 15 is 0 Å². The minimum absolute atomic E-state index is 0.107. The van der Waals surface area contributed by atoms with Crippen LogP contribution in [-0.2, 0) is 33.1 Å². The lowest BCUT2D eigenvalue weighted by atomic mass is 10.1. The highest BCUT2D eigenvalue weighted by Crippen LogP contribution is 2.53. The van der Waals surface area contributed by atoms with Crippen LogP contribution < -0.4 is 5.32 Å². The fraction of sp³-hybridized carbons (Fsp3) is 0.387. The number of hydrogen-bond acceptors (Lipinski definition) is 10. The molecule has 0 spiro atoms. The van der Waals surface area contributed by atoms with Gasteiger partial charge in [-0.25, -0.2) is 14.6 Å². The highest BCUT2D eigenvalue weighted by molar-refractivity contribution is 7.46. The molecule has 3 aliphatic rings. The van der Waals surface area contributed by atoms with Crippen LogP contribution in [0.5, 0.6) is 0 Å². The van der Waals surface area contributed by atoms with Crippen molar-refractivity contribution in [1.82, 2.24) is 39.8 Å². The highest BCUT2D eigenvalue weighted by Gasteiger charge is 2.47. The van der Waals surface area contributed by atoms with Crippen LogP contribution in [0.3, 0.4) is 0 Å². The quantitative estimate of drug-likeness (QED) is 0.254. The van der Waals surface area contributed by atoms with E-state index in [1.54, 1.807) is 39.1 Å². The Kier molecular flexibility index (Phi) is 8.63. The molecule has 3 N–H and O–H groups in total. The summed E-state index contributed by atoms with van der Waals surface area (Å²) in [6, 6.07) is 4.34. The molecule has 0 aliphatic carbocycles. The lowest BCUT2D eigenvalue weighted by Crippen LogP contribution is -2.61. The molecule has 4 aromatic rings. The van der Waals surface area contributed by atoms with Crippen molar-refractivity contribution >= 4 is 53.4 Å². The van der Waals surface area contributed by atoms with Crippen LogP contribution in [0.4, 0.5) is 8.78 Å². The Labute approximate surface area is 283 Å². The lowest BCUT2D eigenvalue weighted by Gasteiger charge is -2.39. The largest absolute Gasteiger partial charge is 0.346 e. The fourth-order valence-electron chi connectivity index (χ4n) is 6.79. The lowest BCUT2D eigenvalue weighted by molar-refractivity contribution is -0.149. The maximum absolute atomic E-state index is 14.3. The molecule has 0 radical (unpaired) electrons. The second kappa shape index (κ2) is 12.8. The van der Waals surface area contributed by atoms with Crippen molar-refractivity contribution < 1.29 is 37.7 Å². The van der Waals surface area contributed by atoms with Gasteiger partial charge < -0.3 is 29.8 Å². The number of halogens is 2. The molecular weight excluding hydrogens is 681 g/mol. The minimum atomic E-state index is -3.86. The number of amides is 4. The molecule has 3 aromatic heterocycles. The van der Waals surface area contributed by atoms with Crippen molar-refractivity contribution in [2.45, 2.75) is 63.1 Å². The molecule has 18 heteroatoms. The molecule has 4 amide bonds. The van der Waals surface area contributed by atoms with E-state index < -0.39 is 43.5 Å². The van der Waals surface area contributed by atoms with E-state index in [1.165, 1.54) is 24.0 Å². The monoisotopic (exact) mass is 712 g/mol. The summed E-state index contributed by atoms with van der Waals surface area (Å²) in [6.07, 6.45) is 6.33. The summed E-state index contributed by atoms with van der Waals surface area (Å²) in [5.41, 5.74) is -2.83. The van der Waals surface area contributed by atoms with Crippen LogP contribution in [0.25, 0.3) is 16.0 Å². The van der Waals surface area contributed by atoms with Crippen molar-refractivity contribution in [3.05, 3.63) is 70.6 Å². The first-order chi connectivity index (χ1) is 23.4. The van der Waals surface area contributed by atoms with E-state index in [-0.39, 0.29) is 41.2 Å². The van der Waals surface area contributed by atoms with Crippen molar-refractivity contribution in [1.29, 1.82) is 0 Å². The third-order valence-electron chi connectivity index (χ3n) is 9.28. The molecule has 3 atom stereocenters. The maximum Gasteiger partial charge on any atom is 0.339 e. The number of benzene rings is 1. The predicted molar refractivity (Wildman–Crippen MR) is 172 cm³/mol. The fourth-order valence-corrected chi connectivity index (χ4v) is 8.10. The Morgan fingerprint density at radius 3 is 2.57 bits per heavy atom. The van der Waals surface area contributed by atoms with Crippen LogP contribution in [0, 0.1) is 0 Å². The van der Waals surface area contributed by atoms with Crippen LogP contribution >= 0.6 is 19.7 Å². The summed E-state index contributed by atoms with van der Waals surface area (Å²) in [5, 5.41) is 7.42. The number of fused-ring (bicyclic) bond motifs is 3. The Hall–Kier alpha value is -4.44. The molecule has 256 valence electrons. The molecule has 49 heavy (non-hydrogen) atoms. The molecule has 0 unspecified atom stereocenters. The first-order valence-electron chi connectivity index (χ1n) is 15.5. The second-order valence-corrected chi connectivity index (χ2v) is 14.5. The Morgan fingerprint density at radius 1 is 1.06 bits per heavy atom. The summed E-state index contributed by atoms with van der Waals surface area (Å²) >= 11 is 1.02. The van der Waals surface area contributed by atoms with Crippen molar-refractivity contribution in [2.75, 3.05) is 13.1 Å². The summed E-state index contributed by atoms with van der Waals surface area (Å²) in [6.45, 7) is 2.17. The second-order valence-electron chi connectivity index (χ2n) is 12.2. The topological polar surface area (TPSA) is 174 Å². The zero-order valence-corrected chi connectivity index (χ0v) is 27.8. The Morgan fingerprint density at radius 2 is 1.84 bits per heavy atom. The third-order valence-corrected chi connectivity index (χ3v) is 11.2. The van der Waals surface area contributed by atoms with Gasteiger partial charge in [0.05, 0.1) is 23.3 Å². The Balaban J connectivity index is 1.12. The van der Waals surface area contributed by atoms with E-state index in [4.69, 9.17) is 0 Å². The number of carbonyl (C=O) groups is 4. The molecule has 2 fully saturated rings. The maximum atomic E-state index is 14.3. The van der Waals surface area contributed by atoms with E-state index in [9.17, 15) is 37.7 Å². The summed E-state index contributed by atoms with van der Waals surface area (Å²) < 4.78 is 30.6. The molecule has 0 bridgehead atoms. The molecule has 1 aromatic carbocycles. The van der Waals surface area contributed by atoms with Gasteiger partial charge in [0, 0.05) is 60.8 Å². The van der Waals surface area contributed by atoms with Gasteiger partial charge in [0.1, 0.15) is 12.1 Å². The molecule has 3 aliphatic heterocycles. The molecule has 14 nitrogen and oxygen atoms in total. The van der Waals surface area contributed by atoms with Crippen LogP contribution in [0.1, 0.15) is 52.7 Å². The SMILES string of the molecule is CC(=O)N1CC[C@H]2CC[C@@H](C(=O)N3Cc4cnn(-c5ncccn5)c4C3)N2C(=O)[C@@H](NC(=O)c2cc3cc(C(F)(F)P(O)O)ccc3s2)C1. The van der Waals surface area contributed by atoms with Gasteiger partial charge in [0.2, 0.25) is 26.1 Å². The first-order valence-corrected chi connectivity index (χ1v) is 17.6. The number of rotatable bonds is 6. The number of nitrogens with zero attached hydrogens (tertiary/aromatic N) is 7. The number of carbonyl (C=O) groups excluding carboxylic acids is 4. The van der Waals surface area contributed by atoms with Crippen molar-refractivity contribution in [3.8, 4) is 5.95 Å². The molecule has 7 rings (SSSR count). The number of alkyl halides is 2. The average Bonchev–Trinajstić information content (AvgIpc) is 3.87. The van der Waals surface area contributed by atoms with Crippen molar-refractivity contribution in [2.24, 2.45) is 0 Å². The van der Waals surface area contributed by atoms with E-state index in [0.717, 1.165) is 34.7 Å². The van der Waals surface area contributed by atoms with Gasteiger partial charge in [-0.2, -0.15) is 13.9 Å².